The van der Waals surface area contributed by atoms with Gasteiger partial charge in [-0.1, -0.05) is 41.9 Å². The molecule has 4 nitrogen and oxygen atoms in total. The third-order valence-corrected chi connectivity index (χ3v) is 5.00. The van der Waals surface area contributed by atoms with E-state index in [0.717, 1.165) is 0 Å². The summed E-state index contributed by atoms with van der Waals surface area (Å²) in [5.41, 5.74) is 0.539. The van der Waals surface area contributed by atoms with Crippen LogP contribution in [0.4, 0.5) is 0 Å². The van der Waals surface area contributed by atoms with Crippen molar-refractivity contribution in [2.75, 3.05) is 6.61 Å². The Morgan fingerprint density at radius 1 is 1.09 bits per heavy atom. The standard InChI is InChI=1S/C17H15ClO4S/c1-2-22-17(19)16(12-13-8-10-14(18)11-9-13)23(20,21)15-6-4-3-5-7-15/h3-12H,2H2,1H3. The summed E-state index contributed by atoms with van der Waals surface area (Å²) in [6, 6.07) is 14.2. The molecule has 2 aromatic rings. The largest absolute Gasteiger partial charge is 0.462 e. The lowest BCUT2D eigenvalue weighted by Crippen LogP contribution is -2.16. The molecule has 0 radical (unpaired) electrons. The van der Waals surface area contributed by atoms with Crippen molar-refractivity contribution in [3.8, 4) is 0 Å². The number of benzene rings is 2. The third kappa shape index (κ3) is 4.21. The molecule has 23 heavy (non-hydrogen) atoms. The maximum absolute atomic E-state index is 12.7. The van der Waals surface area contributed by atoms with E-state index in [-0.39, 0.29) is 11.5 Å². The second-order valence-corrected chi connectivity index (χ2v) is 6.95. The lowest BCUT2D eigenvalue weighted by Gasteiger charge is -2.09. The minimum absolute atomic E-state index is 0.0354. The molecule has 0 unspecified atom stereocenters. The van der Waals surface area contributed by atoms with E-state index in [1.54, 1.807) is 49.4 Å². The van der Waals surface area contributed by atoms with E-state index in [9.17, 15) is 13.2 Å². The van der Waals surface area contributed by atoms with Crippen LogP contribution in [0.1, 0.15) is 12.5 Å². The number of esters is 1. The topological polar surface area (TPSA) is 60.4 Å². The van der Waals surface area contributed by atoms with Gasteiger partial charge in [0.15, 0.2) is 4.91 Å². The van der Waals surface area contributed by atoms with Gasteiger partial charge in [-0.05, 0) is 42.8 Å². The van der Waals surface area contributed by atoms with Crippen molar-refractivity contribution < 1.29 is 17.9 Å². The van der Waals surface area contributed by atoms with Gasteiger partial charge in [-0.2, -0.15) is 0 Å². The smallest absolute Gasteiger partial charge is 0.350 e. The van der Waals surface area contributed by atoms with Crippen molar-refractivity contribution in [1.82, 2.24) is 0 Å². The number of carbonyl (C=O) groups excluding carboxylic acids is 1. The summed E-state index contributed by atoms with van der Waals surface area (Å²) in [6.07, 6.45) is 1.29. The maximum atomic E-state index is 12.7. The first-order valence-corrected chi connectivity index (χ1v) is 8.76. The second kappa shape index (κ2) is 7.44. The third-order valence-electron chi connectivity index (χ3n) is 2.99. The molecule has 2 rings (SSSR count). The molecule has 0 N–H and O–H groups in total. The van der Waals surface area contributed by atoms with Crippen LogP contribution in [0.3, 0.4) is 0 Å². The number of halogens is 1. The van der Waals surface area contributed by atoms with Crippen LogP contribution in [0.2, 0.25) is 5.02 Å². The molecule has 6 heteroatoms. The van der Waals surface area contributed by atoms with Crippen LogP contribution in [-0.2, 0) is 19.4 Å². The quantitative estimate of drug-likeness (QED) is 0.609. The minimum Gasteiger partial charge on any atom is -0.462 e. The number of hydrogen-bond acceptors (Lipinski definition) is 4. The van der Waals surface area contributed by atoms with Crippen LogP contribution in [0.25, 0.3) is 6.08 Å². The lowest BCUT2D eigenvalue weighted by atomic mass is 10.2. The monoisotopic (exact) mass is 350 g/mol. The summed E-state index contributed by atoms with van der Waals surface area (Å²) < 4.78 is 30.3. The molecular weight excluding hydrogens is 336 g/mol. The van der Waals surface area contributed by atoms with Gasteiger partial charge in [-0.25, -0.2) is 13.2 Å². The number of sulfone groups is 1. The number of carbonyl (C=O) groups is 1. The zero-order valence-corrected chi connectivity index (χ0v) is 14.0. The molecule has 0 saturated carbocycles. The van der Waals surface area contributed by atoms with Crippen LogP contribution in [0, 0.1) is 0 Å². The average Bonchev–Trinajstić information content (AvgIpc) is 2.55. The molecule has 0 fully saturated rings. The van der Waals surface area contributed by atoms with Gasteiger partial charge < -0.3 is 4.74 Å². The fourth-order valence-electron chi connectivity index (χ4n) is 1.89. The summed E-state index contributed by atoms with van der Waals surface area (Å²) in [6.45, 7) is 1.70. The Morgan fingerprint density at radius 2 is 1.70 bits per heavy atom. The molecule has 0 bridgehead atoms. The Kier molecular flexibility index (Phi) is 5.58. The molecule has 0 aliphatic carbocycles. The molecule has 0 spiro atoms. The normalized spacial score (nSPS) is 12.0. The van der Waals surface area contributed by atoms with E-state index in [2.05, 4.69) is 0 Å². The van der Waals surface area contributed by atoms with Gasteiger partial charge in [-0.15, -0.1) is 0 Å². The molecule has 0 aliphatic rings. The molecule has 120 valence electrons. The Hall–Kier alpha value is -2.11. The van der Waals surface area contributed by atoms with Crippen molar-refractivity contribution in [1.29, 1.82) is 0 Å². The molecular formula is C17H15ClO4S. The van der Waals surface area contributed by atoms with Gasteiger partial charge >= 0.3 is 5.97 Å². The highest BCUT2D eigenvalue weighted by atomic mass is 35.5. The summed E-state index contributed by atoms with van der Waals surface area (Å²) in [7, 11) is -3.98. The molecule has 0 amide bonds. The molecule has 2 aromatic carbocycles. The first-order chi connectivity index (χ1) is 10.9. The highest BCUT2D eigenvalue weighted by molar-refractivity contribution is 7.96. The predicted molar refractivity (Wildman–Crippen MR) is 89.7 cm³/mol. The van der Waals surface area contributed by atoms with Gasteiger partial charge in [0, 0.05) is 5.02 Å². The van der Waals surface area contributed by atoms with Gasteiger partial charge in [0.1, 0.15) is 0 Å². The fraction of sp³-hybridized carbons (Fsp3) is 0.118. The zero-order chi connectivity index (χ0) is 16.9. The first-order valence-electron chi connectivity index (χ1n) is 6.89. The SMILES string of the molecule is CCOC(=O)C(=Cc1ccc(Cl)cc1)S(=O)(=O)c1ccccc1. The van der Waals surface area contributed by atoms with Crippen LogP contribution in [0.5, 0.6) is 0 Å². The highest BCUT2D eigenvalue weighted by Gasteiger charge is 2.28. The van der Waals surface area contributed by atoms with E-state index in [1.807, 2.05) is 0 Å². The average molecular weight is 351 g/mol. The van der Waals surface area contributed by atoms with Crippen molar-refractivity contribution in [3.05, 3.63) is 70.1 Å². The molecule has 0 atom stereocenters. The summed E-state index contributed by atoms with van der Waals surface area (Å²) in [4.78, 5) is 11.8. The number of ether oxygens (including phenoxy) is 1. The minimum atomic E-state index is -3.98. The van der Waals surface area contributed by atoms with Crippen molar-refractivity contribution in [3.63, 3.8) is 0 Å². The van der Waals surface area contributed by atoms with Crippen molar-refractivity contribution in [2.45, 2.75) is 11.8 Å². The Balaban J connectivity index is 2.54. The van der Waals surface area contributed by atoms with Crippen molar-refractivity contribution in [2.24, 2.45) is 0 Å². The van der Waals surface area contributed by atoms with E-state index >= 15 is 0 Å². The second-order valence-electron chi connectivity index (χ2n) is 4.60. The molecule has 0 aliphatic heterocycles. The summed E-state index contributed by atoms with van der Waals surface area (Å²) >= 11 is 5.82. The van der Waals surface area contributed by atoms with Crippen LogP contribution < -0.4 is 0 Å². The van der Waals surface area contributed by atoms with Gasteiger partial charge in [-0.3, -0.25) is 0 Å². The number of hydrogen-bond donors (Lipinski definition) is 0. The molecule has 0 saturated heterocycles. The van der Waals surface area contributed by atoms with E-state index in [1.165, 1.54) is 18.2 Å². The Morgan fingerprint density at radius 3 is 2.26 bits per heavy atom. The number of rotatable bonds is 5. The van der Waals surface area contributed by atoms with Crippen molar-refractivity contribution >= 4 is 33.5 Å². The van der Waals surface area contributed by atoms with Gasteiger partial charge in [0.25, 0.3) is 0 Å². The van der Waals surface area contributed by atoms with E-state index in [0.29, 0.717) is 10.6 Å². The Labute approximate surface area is 140 Å². The van der Waals surface area contributed by atoms with E-state index < -0.39 is 20.7 Å². The van der Waals surface area contributed by atoms with Crippen LogP contribution in [-0.4, -0.2) is 21.0 Å². The summed E-state index contributed by atoms with van der Waals surface area (Å²) in [5.74, 6) is -0.883. The van der Waals surface area contributed by atoms with Gasteiger partial charge in [0.2, 0.25) is 9.84 Å². The molecule has 0 heterocycles. The fourth-order valence-corrected chi connectivity index (χ4v) is 3.35. The predicted octanol–water partition coefficient (Wildman–Crippen LogP) is 3.72. The summed E-state index contributed by atoms with van der Waals surface area (Å²) in [5, 5.41) is 0.519. The van der Waals surface area contributed by atoms with Crippen LogP contribution >= 0.6 is 11.6 Å². The van der Waals surface area contributed by atoms with E-state index in [4.69, 9.17) is 16.3 Å². The van der Waals surface area contributed by atoms with Gasteiger partial charge in [0.05, 0.1) is 11.5 Å². The Bertz CT molecular complexity index is 809. The first kappa shape index (κ1) is 17.2. The highest BCUT2D eigenvalue weighted by Crippen LogP contribution is 2.23. The zero-order valence-electron chi connectivity index (χ0n) is 12.4. The lowest BCUT2D eigenvalue weighted by molar-refractivity contribution is -0.137. The molecule has 0 aromatic heterocycles. The van der Waals surface area contributed by atoms with Crippen LogP contribution in [0.15, 0.2) is 64.4 Å². The maximum Gasteiger partial charge on any atom is 0.350 e.